The lowest BCUT2D eigenvalue weighted by molar-refractivity contribution is -0.137. The molecule has 0 saturated carbocycles. The van der Waals surface area contributed by atoms with Crippen molar-refractivity contribution in [3.05, 3.63) is 57.5 Å². The number of hydrogen-bond acceptors (Lipinski definition) is 2. The fraction of sp³-hybridized carbons (Fsp3) is 0.214. The van der Waals surface area contributed by atoms with E-state index in [-0.39, 0.29) is 6.54 Å². The summed E-state index contributed by atoms with van der Waals surface area (Å²) >= 11 is 1.44. The van der Waals surface area contributed by atoms with E-state index in [1.807, 2.05) is 10.8 Å². The van der Waals surface area contributed by atoms with Crippen molar-refractivity contribution in [2.45, 2.75) is 12.7 Å². The van der Waals surface area contributed by atoms with Gasteiger partial charge >= 0.3 is 6.18 Å². The molecule has 0 bridgehead atoms. The van der Waals surface area contributed by atoms with Gasteiger partial charge in [-0.1, -0.05) is 0 Å². The first-order chi connectivity index (χ1) is 9.79. The maximum absolute atomic E-state index is 13.6. The minimum absolute atomic E-state index is 0.206. The summed E-state index contributed by atoms with van der Waals surface area (Å²) in [6, 6.07) is 3.61. The zero-order valence-electron chi connectivity index (χ0n) is 10.9. The van der Waals surface area contributed by atoms with Crippen LogP contribution in [0.2, 0.25) is 0 Å². The quantitative estimate of drug-likeness (QED) is 0.778. The molecule has 1 heterocycles. The smallest absolute Gasteiger partial charge is 0.337 e. The summed E-state index contributed by atoms with van der Waals surface area (Å²) in [4.78, 5) is 13.3. The van der Waals surface area contributed by atoms with Crippen molar-refractivity contribution in [2.24, 2.45) is 0 Å². The van der Waals surface area contributed by atoms with Crippen LogP contribution in [-0.2, 0) is 12.7 Å². The van der Waals surface area contributed by atoms with Crippen molar-refractivity contribution in [1.29, 1.82) is 0 Å². The molecular formula is C14H11F4NOS. The molecule has 0 fully saturated rings. The van der Waals surface area contributed by atoms with Gasteiger partial charge in [-0.2, -0.15) is 24.5 Å². The fourth-order valence-corrected chi connectivity index (χ4v) is 2.46. The maximum Gasteiger partial charge on any atom is 0.416 e. The molecule has 1 amide bonds. The molecule has 2 aromatic rings. The Labute approximate surface area is 122 Å². The molecule has 0 atom stereocenters. The Bertz CT molecular complexity index is 637. The summed E-state index contributed by atoms with van der Waals surface area (Å²) in [5.41, 5.74) is -0.790. The lowest BCUT2D eigenvalue weighted by atomic mass is 10.1. The Morgan fingerprint density at radius 1 is 1.29 bits per heavy atom. The third kappa shape index (κ3) is 3.60. The van der Waals surface area contributed by atoms with E-state index in [4.69, 9.17) is 0 Å². The molecule has 7 heteroatoms. The van der Waals surface area contributed by atoms with Gasteiger partial charge in [0.2, 0.25) is 0 Å². The molecule has 0 radical (unpaired) electrons. The summed E-state index contributed by atoms with van der Waals surface area (Å²) in [6.45, 7) is 0.206. The number of hydrogen-bond donors (Lipinski definition) is 0. The van der Waals surface area contributed by atoms with Gasteiger partial charge in [-0.3, -0.25) is 4.79 Å². The van der Waals surface area contributed by atoms with E-state index in [9.17, 15) is 22.4 Å². The highest BCUT2D eigenvalue weighted by atomic mass is 32.1. The van der Waals surface area contributed by atoms with Gasteiger partial charge in [0, 0.05) is 13.6 Å². The lowest BCUT2D eigenvalue weighted by Gasteiger charge is -2.18. The number of halogens is 4. The number of amides is 1. The number of benzene rings is 1. The molecule has 1 aromatic heterocycles. The minimum Gasteiger partial charge on any atom is -0.337 e. The van der Waals surface area contributed by atoms with Crippen molar-refractivity contribution in [1.82, 2.24) is 4.90 Å². The van der Waals surface area contributed by atoms with Crippen molar-refractivity contribution in [2.75, 3.05) is 7.05 Å². The molecule has 1 aromatic carbocycles. The Hall–Kier alpha value is -1.89. The molecule has 0 unspecified atom stereocenters. The van der Waals surface area contributed by atoms with Gasteiger partial charge in [-0.15, -0.1) is 0 Å². The summed E-state index contributed by atoms with van der Waals surface area (Å²) in [5.74, 6) is -1.75. The Balaban J connectivity index is 2.26. The van der Waals surface area contributed by atoms with Crippen molar-refractivity contribution in [3.8, 4) is 0 Å². The fourth-order valence-electron chi connectivity index (χ4n) is 1.80. The Kier molecular flexibility index (Phi) is 4.32. The topological polar surface area (TPSA) is 20.3 Å². The monoisotopic (exact) mass is 317 g/mol. The molecule has 2 nitrogen and oxygen atoms in total. The van der Waals surface area contributed by atoms with Gasteiger partial charge in [-0.05, 0) is 40.6 Å². The van der Waals surface area contributed by atoms with E-state index in [1.165, 1.54) is 23.3 Å². The van der Waals surface area contributed by atoms with Crippen LogP contribution < -0.4 is 0 Å². The number of rotatable bonds is 3. The van der Waals surface area contributed by atoms with Gasteiger partial charge in [0.15, 0.2) is 0 Å². The van der Waals surface area contributed by atoms with Crippen LogP contribution in [0, 0.1) is 5.82 Å². The van der Waals surface area contributed by atoms with Crippen LogP contribution in [-0.4, -0.2) is 17.9 Å². The summed E-state index contributed by atoms with van der Waals surface area (Å²) in [6.07, 6.45) is -4.62. The Morgan fingerprint density at radius 3 is 2.57 bits per heavy atom. The van der Waals surface area contributed by atoms with Crippen LogP contribution in [0.25, 0.3) is 0 Å². The molecule has 2 rings (SSSR count). The van der Waals surface area contributed by atoms with Crippen LogP contribution in [0.5, 0.6) is 0 Å². The molecule has 0 aliphatic heterocycles. The van der Waals surface area contributed by atoms with E-state index in [2.05, 4.69) is 0 Å². The van der Waals surface area contributed by atoms with Crippen molar-refractivity contribution < 1.29 is 22.4 Å². The first-order valence-corrected chi connectivity index (χ1v) is 6.86. The van der Waals surface area contributed by atoms with Crippen LogP contribution >= 0.6 is 11.3 Å². The van der Waals surface area contributed by atoms with E-state index in [0.29, 0.717) is 18.2 Å². The maximum atomic E-state index is 13.6. The number of alkyl halides is 3. The van der Waals surface area contributed by atoms with Crippen LogP contribution in [0.4, 0.5) is 17.6 Å². The highest BCUT2D eigenvalue weighted by molar-refractivity contribution is 7.07. The molecule has 21 heavy (non-hydrogen) atoms. The second kappa shape index (κ2) is 5.85. The van der Waals surface area contributed by atoms with Gasteiger partial charge in [-0.25, -0.2) is 4.39 Å². The number of carbonyl (C=O) groups excluding carboxylic acids is 1. The zero-order valence-corrected chi connectivity index (χ0v) is 11.8. The average molecular weight is 317 g/mol. The molecule has 0 N–H and O–H groups in total. The Morgan fingerprint density at radius 2 is 2.00 bits per heavy atom. The number of nitrogens with zero attached hydrogens (tertiary/aromatic N) is 1. The van der Waals surface area contributed by atoms with Gasteiger partial charge in [0.1, 0.15) is 5.82 Å². The van der Waals surface area contributed by atoms with Crippen LogP contribution in [0.1, 0.15) is 21.5 Å². The second-order valence-corrected chi connectivity index (χ2v) is 5.27. The third-order valence-electron chi connectivity index (χ3n) is 2.87. The average Bonchev–Trinajstić information content (AvgIpc) is 2.90. The summed E-state index contributed by atoms with van der Waals surface area (Å²) in [5, 5.41) is 3.63. The van der Waals surface area contributed by atoms with Crippen molar-refractivity contribution in [3.63, 3.8) is 0 Å². The summed E-state index contributed by atoms with van der Waals surface area (Å²) in [7, 11) is 1.42. The first-order valence-electron chi connectivity index (χ1n) is 5.92. The molecular weight excluding hydrogens is 306 g/mol. The lowest BCUT2D eigenvalue weighted by Crippen LogP contribution is -2.27. The third-order valence-corrected chi connectivity index (χ3v) is 3.60. The van der Waals surface area contributed by atoms with Crippen LogP contribution in [0.3, 0.4) is 0 Å². The van der Waals surface area contributed by atoms with E-state index >= 15 is 0 Å². The molecule has 0 aliphatic rings. The predicted octanol–water partition coefficient (Wildman–Crippen LogP) is 4.18. The van der Waals surface area contributed by atoms with E-state index in [1.54, 1.807) is 6.07 Å². The highest BCUT2D eigenvalue weighted by Gasteiger charge is 2.32. The van der Waals surface area contributed by atoms with E-state index < -0.39 is 29.0 Å². The zero-order chi connectivity index (χ0) is 15.6. The summed E-state index contributed by atoms with van der Waals surface area (Å²) < 4.78 is 51.5. The molecule has 0 aliphatic carbocycles. The first kappa shape index (κ1) is 15.5. The largest absolute Gasteiger partial charge is 0.416 e. The normalized spacial score (nSPS) is 11.5. The predicted molar refractivity (Wildman–Crippen MR) is 71.5 cm³/mol. The second-order valence-electron chi connectivity index (χ2n) is 4.49. The molecule has 0 spiro atoms. The number of carbonyl (C=O) groups is 1. The molecule has 112 valence electrons. The van der Waals surface area contributed by atoms with Gasteiger partial charge in [0.05, 0.1) is 11.1 Å². The van der Waals surface area contributed by atoms with Crippen LogP contribution in [0.15, 0.2) is 35.0 Å². The van der Waals surface area contributed by atoms with Gasteiger partial charge in [0.25, 0.3) is 5.91 Å². The number of thiophene rings is 1. The standard InChI is InChI=1S/C14H11F4NOS/c1-19(7-9-4-5-21-8-9)13(20)11-6-10(14(16,17)18)2-3-12(11)15/h2-6,8H,7H2,1H3. The van der Waals surface area contributed by atoms with E-state index in [0.717, 1.165) is 5.56 Å². The highest BCUT2D eigenvalue weighted by Crippen LogP contribution is 2.30. The minimum atomic E-state index is -4.62. The van der Waals surface area contributed by atoms with Gasteiger partial charge < -0.3 is 4.90 Å². The van der Waals surface area contributed by atoms with Crippen molar-refractivity contribution >= 4 is 17.2 Å². The SMILES string of the molecule is CN(Cc1ccsc1)C(=O)c1cc(C(F)(F)F)ccc1F. The molecule has 0 saturated heterocycles.